The third-order valence-corrected chi connectivity index (χ3v) is 5.20. The van der Waals surface area contributed by atoms with Crippen molar-refractivity contribution in [1.82, 2.24) is 0 Å². The fourth-order valence-corrected chi connectivity index (χ4v) is 4.04. The van der Waals surface area contributed by atoms with Crippen molar-refractivity contribution in [1.29, 1.82) is 0 Å². The Morgan fingerprint density at radius 2 is 1.69 bits per heavy atom. The predicted molar refractivity (Wildman–Crippen MR) is 76.6 cm³/mol. The maximum absolute atomic E-state index is 6.08. The molecule has 0 bridgehead atoms. The molecule has 0 N–H and O–H groups in total. The summed E-state index contributed by atoms with van der Waals surface area (Å²) in [5, 5.41) is 3.96. The largest absolute Gasteiger partial charge is 0.146 e. The van der Waals surface area contributed by atoms with Gasteiger partial charge in [-0.2, -0.15) is 0 Å². The number of hydrogen-bond donors (Lipinski definition) is 0. The summed E-state index contributed by atoms with van der Waals surface area (Å²) < 4.78 is 0. The Bertz CT molecular complexity index is 489. The molecule has 1 heterocycles. The first-order valence-corrected chi connectivity index (χ1v) is 7.34. The molecular weight excluding hydrogens is 350 g/mol. The second kappa shape index (κ2) is 5.28. The normalized spacial score (nSPS) is 12.8. The van der Waals surface area contributed by atoms with Crippen LogP contribution in [0.3, 0.4) is 0 Å². The summed E-state index contributed by atoms with van der Waals surface area (Å²) in [5.41, 5.74) is 1.00. The SMILES string of the molecule is Clc1cc(Cl)cc(C(Br)c2sccc2Cl)c1. The van der Waals surface area contributed by atoms with E-state index in [2.05, 4.69) is 15.9 Å². The first-order valence-electron chi connectivity index (χ1n) is 4.41. The summed E-state index contributed by atoms with van der Waals surface area (Å²) in [5.74, 6) is 0. The molecule has 1 aromatic carbocycles. The van der Waals surface area contributed by atoms with Crippen LogP contribution in [0.1, 0.15) is 15.3 Å². The van der Waals surface area contributed by atoms with Gasteiger partial charge in [-0.25, -0.2) is 0 Å². The van der Waals surface area contributed by atoms with E-state index in [-0.39, 0.29) is 4.83 Å². The molecule has 2 rings (SSSR count). The van der Waals surface area contributed by atoms with Crippen molar-refractivity contribution < 1.29 is 0 Å². The maximum atomic E-state index is 6.08. The maximum Gasteiger partial charge on any atom is 0.0754 e. The molecular formula is C11H6BrCl3S. The lowest BCUT2D eigenvalue weighted by Gasteiger charge is -2.10. The van der Waals surface area contributed by atoms with Crippen molar-refractivity contribution in [3.05, 3.63) is 55.2 Å². The Morgan fingerprint density at radius 1 is 1.06 bits per heavy atom. The van der Waals surface area contributed by atoms with Crippen molar-refractivity contribution in [3.63, 3.8) is 0 Å². The van der Waals surface area contributed by atoms with Gasteiger partial charge < -0.3 is 0 Å². The molecule has 84 valence electrons. The van der Waals surface area contributed by atoms with Crippen molar-refractivity contribution >= 4 is 62.1 Å². The highest BCUT2D eigenvalue weighted by Gasteiger charge is 2.16. The minimum atomic E-state index is 0.0243. The van der Waals surface area contributed by atoms with Crippen LogP contribution in [0, 0.1) is 0 Å². The molecule has 0 nitrogen and oxygen atoms in total. The van der Waals surface area contributed by atoms with Crippen LogP contribution in [0.2, 0.25) is 15.1 Å². The molecule has 1 aromatic heterocycles. The molecule has 2 aromatic rings. The van der Waals surface area contributed by atoms with E-state index in [1.165, 1.54) is 0 Å². The first-order chi connectivity index (χ1) is 7.58. The molecule has 0 radical (unpaired) electrons. The van der Waals surface area contributed by atoms with Gasteiger partial charge in [0, 0.05) is 14.9 Å². The lowest BCUT2D eigenvalue weighted by atomic mass is 10.1. The Hall–Kier alpha value is 0.270. The standard InChI is InChI=1S/C11H6BrCl3S/c12-10(11-9(15)1-2-16-11)6-3-7(13)5-8(14)4-6/h1-5,10H. The van der Waals surface area contributed by atoms with Crippen molar-refractivity contribution in [3.8, 4) is 0 Å². The van der Waals surface area contributed by atoms with Gasteiger partial charge in [0.1, 0.15) is 0 Å². The van der Waals surface area contributed by atoms with Crippen LogP contribution in [0.4, 0.5) is 0 Å². The second-order valence-electron chi connectivity index (χ2n) is 3.20. The second-order valence-corrected chi connectivity index (χ2v) is 6.34. The molecule has 0 aliphatic carbocycles. The third kappa shape index (κ3) is 2.74. The van der Waals surface area contributed by atoms with Crippen molar-refractivity contribution in [2.45, 2.75) is 4.83 Å². The Kier molecular flexibility index (Phi) is 4.20. The van der Waals surface area contributed by atoms with Gasteiger partial charge in [0.15, 0.2) is 0 Å². The van der Waals surface area contributed by atoms with Crippen LogP contribution < -0.4 is 0 Å². The van der Waals surface area contributed by atoms with E-state index in [1.54, 1.807) is 17.4 Å². The average molecular weight is 356 g/mol. The van der Waals surface area contributed by atoms with Crippen LogP contribution in [0.15, 0.2) is 29.6 Å². The summed E-state index contributed by atoms with van der Waals surface area (Å²) >= 11 is 23.2. The van der Waals surface area contributed by atoms with Gasteiger partial charge in [0.05, 0.1) is 9.85 Å². The van der Waals surface area contributed by atoms with Crippen LogP contribution in [-0.2, 0) is 0 Å². The smallest absolute Gasteiger partial charge is 0.0754 e. The zero-order valence-electron chi connectivity index (χ0n) is 7.88. The van der Waals surface area contributed by atoms with Crippen LogP contribution in [0.5, 0.6) is 0 Å². The third-order valence-electron chi connectivity index (χ3n) is 2.05. The van der Waals surface area contributed by atoms with Crippen LogP contribution in [-0.4, -0.2) is 0 Å². The van der Waals surface area contributed by atoms with Gasteiger partial charge in [0.2, 0.25) is 0 Å². The number of halogens is 4. The van der Waals surface area contributed by atoms with Gasteiger partial charge in [-0.3, -0.25) is 0 Å². The minimum absolute atomic E-state index is 0.0243. The molecule has 0 aliphatic heterocycles. The topological polar surface area (TPSA) is 0 Å². The summed E-state index contributed by atoms with van der Waals surface area (Å²) in [6.07, 6.45) is 0. The highest BCUT2D eigenvalue weighted by atomic mass is 79.9. The predicted octanol–water partition coefficient (Wildman–Crippen LogP) is 6.19. The van der Waals surface area contributed by atoms with E-state index in [0.717, 1.165) is 15.5 Å². The minimum Gasteiger partial charge on any atom is -0.146 e. The van der Waals surface area contributed by atoms with Gasteiger partial charge in [-0.15, -0.1) is 11.3 Å². The van der Waals surface area contributed by atoms with E-state index >= 15 is 0 Å². The molecule has 0 saturated heterocycles. The molecule has 0 spiro atoms. The number of alkyl halides is 1. The number of thiophene rings is 1. The highest BCUT2D eigenvalue weighted by Crippen LogP contribution is 2.40. The molecule has 1 unspecified atom stereocenters. The zero-order valence-corrected chi connectivity index (χ0v) is 12.6. The molecule has 5 heteroatoms. The number of rotatable bonds is 2. The van der Waals surface area contributed by atoms with Gasteiger partial charge in [-0.1, -0.05) is 50.7 Å². The van der Waals surface area contributed by atoms with Crippen LogP contribution in [0.25, 0.3) is 0 Å². The summed E-state index contributed by atoms with van der Waals surface area (Å²) in [7, 11) is 0. The Balaban J connectivity index is 2.41. The summed E-state index contributed by atoms with van der Waals surface area (Å²) in [6.45, 7) is 0. The fourth-order valence-electron chi connectivity index (χ4n) is 1.36. The van der Waals surface area contributed by atoms with Crippen LogP contribution >= 0.6 is 62.1 Å². The molecule has 16 heavy (non-hydrogen) atoms. The zero-order chi connectivity index (χ0) is 11.7. The molecule has 0 amide bonds. The highest BCUT2D eigenvalue weighted by molar-refractivity contribution is 9.09. The van der Waals surface area contributed by atoms with Crippen molar-refractivity contribution in [2.75, 3.05) is 0 Å². The quantitative estimate of drug-likeness (QED) is 0.563. The van der Waals surface area contributed by atoms with Gasteiger partial charge in [0.25, 0.3) is 0 Å². The lowest BCUT2D eigenvalue weighted by molar-refractivity contribution is 1.23. The Labute approximate surface area is 121 Å². The number of benzene rings is 1. The van der Waals surface area contributed by atoms with Gasteiger partial charge in [-0.05, 0) is 35.2 Å². The van der Waals surface area contributed by atoms with E-state index in [0.29, 0.717) is 10.0 Å². The molecule has 0 fully saturated rings. The fraction of sp³-hybridized carbons (Fsp3) is 0.0909. The van der Waals surface area contributed by atoms with E-state index in [1.807, 2.05) is 23.6 Å². The van der Waals surface area contributed by atoms with E-state index < -0.39 is 0 Å². The Morgan fingerprint density at radius 3 is 2.19 bits per heavy atom. The van der Waals surface area contributed by atoms with Crippen molar-refractivity contribution in [2.24, 2.45) is 0 Å². The molecule has 0 saturated carbocycles. The number of hydrogen-bond acceptors (Lipinski definition) is 1. The summed E-state index contributed by atoms with van der Waals surface area (Å²) in [4.78, 5) is 1.08. The van der Waals surface area contributed by atoms with E-state index in [4.69, 9.17) is 34.8 Å². The van der Waals surface area contributed by atoms with E-state index in [9.17, 15) is 0 Å². The van der Waals surface area contributed by atoms with Gasteiger partial charge >= 0.3 is 0 Å². The summed E-state index contributed by atoms with van der Waals surface area (Å²) in [6, 6.07) is 7.34. The average Bonchev–Trinajstić information content (AvgIpc) is 2.62. The monoisotopic (exact) mass is 354 g/mol. The molecule has 1 atom stereocenters. The first kappa shape index (κ1) is 12.7. The molecule has 0 aliphatic rings. The lowest BCUT2D eigenvalue weighted by Crippen LogP contribution is -1.90.